The molecule has 1 aliphatic carbocycles. The van der Waals surface area contributed by atoms with Gasteiger partial charge in [0.2, 0.25) is 5.91 Å². The summed E-state index contributed by atoms with van der Waals surface area (Å²) in [5.74, 6) is -0.200. The van der Waals surface area contributed by atoms with Crippen molar-refractivity contribution in [2.75, 3.05) is 6.61 Å². The minimum Gasteiger partial charge on any atom is -0.466 e. The van der Waals surface area contributed by atoms with Crippen LogP contribution in [0, 0.1) is 0 Å². The lowest BCUT2D eigenvalue weighted by Crippen LogP contribution is -2.40. The minimum atomic E-state index is -0.228. The van der Waals surface area contributed by atoms with E-state index in [2.05, 4.69) is 5.32 Å². The van der Waals surface area contributed by atoms with Gasteiger partial charge in [0.1, 0.15) is 0 Å². The maximum absolute atomic E-state index is 11.6. The zero-order chi connectivity index (χ0) is 13.4. The third-order valence-corrected chi connectivity index (χ3v) is 3.23. The molecule has 0 radical (unpaired) electrons. The second-order valence-electron chi connectivity index (χ2n) is 4.84. The molecule has 0 spiro atoms. The molecule has 0 aromatic rings. The molecule has 0 bridgehead atoms. The molecule has 0 aliphatic heterocycles. The van der Waals surface area contributed by atoms with Crippen LogP contribution in [0.25, 0.3) is 0 Å². The first kappa shape index (κ1) is 15.0. The maximum Gasteiger partial charge on any atom is 0.305 e. The van der Waals surface area contributed by atoms with Gasteiger partial charge in [-0.1, -0.05) is 0 Å². The Morgan fingerprint density at radius 1 is 1.22 bits per heavy atom. The van der Waals surface area contributed by atoms with E-state index in [0.29, 0.717) is 31.9 Å². The number of nitrogens with two attached hydrogens (primary N) is 1. The fourth-order valence-corrected chi connectivity index (χ4v) is 2.19. The van der Waals surface area contributed by atoms with Gasteiger partial charge in [-0.05, 0) is 39.0 Å². The van der Waals surface area contributed by atoms with Crippen molar-refractivity contribution in [3.8, 4) is 0 Å². The highest BCUT2D eigenvalue weighted by atomic mass is 16.5. The summed E-state index contributed by atoms with van der Waals surface area (Å²) in [5, 5.41) is 3.00. The van der Waals surface area contributed by atoms with Crippen molar-refractivity contribution in [2.24, 2.45) is 5.73 Å². The van der Waals surface area contributed by atoms with Crippen molar-refractivity contribution in [3.63, 3.8) is 0 Å². The number of hydrogen-bond donors (Lipinski definition) is 2. The number of esters is 1. The van der Waals surface area contributed by atoms with Crippen molar-refractivity contribution in [3.05, 3.63) is 0 Å². The summed E-state index contributed by atoms with van der Waals surface area (Å²) >= 11 is 0. The zero-order valence-corrected chi connectivity index (χ0v) is 11.1. The lowest BCUT2D eigenvalue weighted by molar-refractivity contribution is -0.143. The zero-order valence-electron chi connectivity index (χ0n) is 11.1. The summed E-state index contributed by atoms with van der Waals surface area (Å²) in [6, 6.07) is 0.557. The molecule has 0 aromatic carbocycles. The molecule has 1 amide bonds. The SMILES string of the molecule is CCOC(=O)CCCC(=O)N[C@H]1CC[C@H](N)CC1. The van der Waals surface area contributed by atoms with Crippen LogP contribution in [0.1, 0.15) is 51.9 Å². The quantitative estimate of drug-likeness (QED) is 0.697. The molecule has 0 heterocycles. The number of amides is 1. The van der Waals surface area contributed by atoms with E-state index in [0.717, 1.165) is 25.7 Å². The lowest BCUT2D eigenvalue weighted by Gasteiger charge is -2.26. The fraction of sp³-hybridized carbons (Fsp3) is 0.846. The first-order valence-corrected chi connectivity index (χ1v) is 6.82. The van der Waals surface area contributed by atoms with E-state index in [4.69, 9.17) is 10.5 Å². The normalized spacial score (nSPS) is 23.4. The molecule has 0 unspecified atom stereocenters. The number of hydrogen-bond acceptors (Lipinski definition) is 4. The summed E-state index contributed by atoms with van der Waals surface area (Å²) in [4.78, 5) is 22.7. The smallest absolute Gasteiger partial charge is 0.305 e. The lowest BCUT2D eigenvalue weighted by atomic mass is 9.92. The molecule has 0 atom stereocenters. The van der Waals surface area contributed by atoms with Crippen molar-refractivity contribution < 1.29 is 14.3 Å². The molecule has 0 saturated heterocycles. The van der Waals surface area contributed by atoms with Gasteiger partial charge in [0.15, 0.2) is 0 Å². The van der Waals surface area contributed by atoms with Gasteiger partial charge in [0.05, 0.1) is 6.61 Å². The number of carbonyl (C=O) groups is 2. The van der Waals surface area contributed by atoms with Crippen LogP contribution in [0.2, 0.25) is 0 Å². The van der Waals surface area contributed by atoms with Gasteiger partial charge >= 0.3 is 5.97 Å². The monoisotopic (exact) mass is 256 g/mol. The largest absolute Gasteiger partial charge is 0.466 e. The Kier molecular flexibility index (Phi) is 6.72. The van der Waals surface area contributed by atoms with Crippen molar-refractivity contribution >= 4 is 11.9 Å². The molecule has 104 valence electrons. The third-order valence-electron chi connectivity index (χ3n) is 3.23. The summed E-state index contributed by atoms with van der Waals surface area (Å²) in [5.41, 5.74) is 5.81. The summed E-state index contributed by atoms with van der Waals surface area (Å²) in [6.45, 7) is 2.17. The predicted molar refractivity (Wildman–Crippen MR) is 68.9 cm³/mol. The topological polar surface area (TPSA) is 81.4 Å². The van der Waals surface area contributed by atoms with Crippen LogP contribution in [0.4, 0.5) is 0 Å². The molecule has 1 rings (SSSR count). The van der Waals surface area contributed by atoms with E-state index in [1.165, 1.54) is 0 Å². The Balaban J connectivity index is 2.08. The van der Waals surface area contributed by atoms with E-state index >= 15 is 0 Å². The van der Waals surface area contributed by atoms with Crippen LogP contribution in [-0.4, -0.2) is 30.6 Å². The van der Waals surface area contributed by atoms with Gasteiger partial charge < -0.3 is 15.8 Å². The summed E-state index contributed by atoms with van der Waals surface area (Å²) in [7, 11) is 0. The molecule has 1 aliphatic rings. The molecule has 1 saturated carbocycles. The standard InChI is InChI=1S/C13H24N2O3/c1-2-18-13(17)5-3-4-12(16)15-11-8-6-10(14)7-9-11/h10-11H,2-9,14H2,1H3,(H,15,16)/t10-,11-. The Bertz CT molecular complexity index is 273. The van der Waals surface area contributed by atoms with Gasteiger partial charge in [-0.25, -0.2) is 0 Å². The van der Waals surface area contributed by atoms with Gasteiger partial charge in [-0.2, -0.15) is 0 Å². The second kappa shape index (κ2) is 8.08. The Labute approximate surface area is 108 Å². The second-order valence-corrected chi connectivity index (χ2v) is 4.84. The highest BCUT2D eigenvalue weighted by molar-refractivity contribution is 5.77. The average Bonchev–Trinajstić information content (AvgIpc) is 2.32. The fourth-order valence-electron chi connectivity index (χ4n) is 2.19. The van der Waals surface area contributed by atoms with Crippen LogP contribution in [-0.2, 0) is 14.3 Å². The van der Waals surface area contributed by atoms with Crippen molar-refractivity contribution in [2.45, 2.75) is 64.0 Å². The van der Waals surface area contributed by atoms with Gasteiger partial charge in [-0.15, -0.1) is 0 Å². The molecule has 3 N–H and O–H groups in total. The van der Waals surface area contributed by atoms with E-state index in [1.54, 1.807) is 6.92 Å². The van der Waals surface area contributed by atoms with Crippen LogP contribution >= 0.6 is 0 Å². The van der Waals surface area contributed by atoms with Gasteiger partial charge in [0.25, 0.3) is 0 Å². The van der Waals surface area contributed by atoms with Gasteiger partial charge in [0, 0.05) is 24.9 Å². The first-order valence-electron chi connectivity index (χ1n) is 6.82. The maximum atomic E-state index is 11.6. The van der Waals surface area contributed by atoms with Gasteiger partial charge in [-0.3, -0.25) is 9.59 Å². The highest BCUT2D eigenvalue weighted by Crippen LogP contribution is 2.17. The number of carbonyl (C=O) groups excluding carboxylic acids is 2. The van der Waals surface area contributed by atoms with E-state index < -0.39 is 0 Å². The molecular weight excluding hydrogens is 232 g/mol. The van der Waals surface area contributed by atoms with Crippen molar-refractivity contribution in [1.82, 2.24) is 5.32 Å². The van der Waals surface area contributed by atoms with Crippen LogP contribution in [0.15, 0.2) is 0 Å². The van der Waals surface area contributed by atoms with E-state index in [9.17, 15) is 9.59 Å². The third kappa shape index (κ3) is 6.00. The van der Waals surface area contributed by atoms with Crippen LogP contribution < -0.4 is 11.1 Å². The summed E-state index contributed by atoms with van der Waals surface area (Å²) < 4.78 is 4.80. The molecular formula is C13H24N2O3. The number of ether oxygens (including phenoxy) is 1. The number of rotatable bonds is 6. The Morgan fingerprint density at radius 2 is 1.89 bits per heavy atom. The van der Waals surface area contributed by atoms with E-state index in [1.807, 2.05) is 0 Å². The average molecular weight is 256 g/mol. The molecule has 0 aromatic heterocycles. The molecule has 5 nitrogen and oxygen atoms in total. The Morgan fingerprint density at radius 3 is 2.50 bits per heavy atom. The predicted octanol–water partition coefficient (Wildman–Crippen LogP) is 1.11. The first-order chi connectivity index (χ1) is 8.61. The van der Waals surface area contributed by atoms with E-state index in [-0.39, 0.29) is 17.9 Å². The van der Waals surface area contributed by atoms with Crippen LogP contribution in [0.5, 0.6) is 0 Å². The molecule has 18 heavy (non-hydrogen) atoms. The molecule has 1 fully saturated rings. The van der Waals surface area contributed by atoms with Crippen LogP contribution in [0.3, 0.4) is 0 Å². The Hall–Kier alpha value is -1.10. The van der Waals surface area contributed by atoms with Crippen molar-refractivity contribution in [1.29, 1.82) is 0 Å². The highest BCUT2D eigenvalue weighted by Gasteiger charge is 2.19. The summed E-state index contributed by atoms with van der Waals surface area (Å²) in [6.07, 6.45) is 5.15. The number of nitrogens with one attached hydrogen (secondary N) is 1. The minimum absolute atomic E-state index is 0.0276. The molecule has 5 heteroatoms.